The van der Waals surface area contributed by atoms with E-state index in [0.29, 0.717) is 29.4 Å². The van der Waals surface area contributed by atoms with Crippen LogP contribution in [0.25, 0.3) is 0 Å². The van der Waals surface area contributed by atoms with Crippen LogP contribution in [-0.2, 0) is 22.7 Å². The molecule has 0 unspecified atom stereocenters. The molecule has 1 aliphatic heterocycles. The van der Waals surface area contributed by atoms with Gasteiger partial charge in [-0.25, -0.2) is 4.79 Å². The minimum atomic E-state index is -0.651. The maximum atomic E-state index is 12.8. The van der Waals surface area contributed by atoms with Crippen LogP contribution in [0.15, 0.2) is 72.8 Å². The van der Waals surface area contributed by atoms with Crippen molar-refractivity contribution >= 4 is 40.9 Å². The van der Waals surface area contributed by atoms with E-state index in [1.54, 1.807) is 6.07 Å². The average molecular weight is 478 g/mol. The summed E-state index contributed by atoms with van der Waals surface area (Å²) in [5.41, 5.74) is 3.02. The third-order valence-corrected chi connectivity index (χ3v) is 5.57. The van der Waals surface area contributed by atoms with Gasteiger partial charge in [-0.05, 0) is 47.9 Å². The number of amides is 3. The molecule has 2 N–H and O–H groups in total. The van der Waals surface area contributed by atoms with E-state index in [0.717, 1.165) is 24.1 Å². The molecular weight excluding hydrogens is 454 g/mol. The molecule has 3 aromatic carbocycles. The third kappa shape index (κ3) is 6.36. The summed E-state index contributed by atoms with van der Waals surface area (Å²) in [6.45, 7) is 1.39. The molecule has 174 valence electrons. The number of nitrogens with zero attached hydrogens (tertiary/aromatic N) is 1. The Morgan fingerprint density at radius 1 is 0.912 bits per heavy atom. The minimum Gasteiger partial charge on any atom is -0.444 e. The lowest BCUT2D eigenvalue weighted by molar-refractivity contribution is -0.128. The second-order valence-corrected chi connectivity index (χ2v) is 8.43. The Hall–Kier alpha value is -3.84. The van der Waals surface area contributed by atoms with Crippen LogP contribution in [0.5, 0.6) is 0 Å². The first-order valence-electron chi connectivity index (χ1n) is 10.9. The van der Waals surface area contributed by atoms with Crippen LogP contribution in [-0.4, -0.2) is 29.4 Å². The van der Waals surface area contributed by atoms with Gasteiger partial charge in [0, 0.05) is 41.5 Å². The van der Waals surface area contributed by atoms with E-state index in [1.807, 2.05) is 53.4 Å². The van der Waals surface area contributed by atoms with Crippen molar-refractivity contribution in [1.29, 1.82) is 0 Å². The van der Waals surface area contributed by atoms with Crippen molar-refractivity contribution in [3.05, 3.63) is 94.5 Å². The summed E-state index contributed by atoms with van der Waals surface area (Å²) in [5.74, 6) is -0.228. The van der Waals surface area contributed by atoms with E-state index < -0.39 is 6.09 Å². The van der Waals surface area contributed by atoms with Crippen LogP contribution in [0.2, 0.25) is 5.02 Å². The highest BCUT2D eigenvalue weighted by Gasteiger charge is 2.20. The molecule has 0 saturated carbocycles. The van der Waals surface area contributed by atoms with Gasteiger partial charge in [0.1, 0.15) is 6.61 Å². The Morgan fingerprint density at radius 3 is 2.47 bits per heavy atom. The van der Waals surface area contributed by atoms with E-state index in [4.69, 9.17) is 16.3 Å². The number of rotatable bonds is 7. The predicted octanol–water partition coefficient (Wildman–Crippen LogP) is 5.46. The van der Waals surface area contributed by atoms with Crippen LogP contribution in [0, 0.1) is 0 Å². The summed E-state index contributed by atoms with van der Waals surface area (Å²) in [4.78, 5) is 38.7. The summed E-state index contributed by atoms with van der Waals surface area (Å²) in [6.07, 6.45) is 0.809. The molecule has 3 amide bonds. The Morgan fingerprint density at radius 2 is 1.71 bits per heavy atom. The lowest BCUT2D eigenvalue weighted by Gasteiger charge is -2.16. The van der Waals surface area contributed by atoms with Crippen molar-refractivity contribution in [2.75, 3.05) is 17.2 Å². The summed E-state index contributed by atoms with van der Waals surface area (Å²) >= 11 is 6.18. The van der Waals surface area contributed by atoms with Crippen LogP contribution in [0.3, 0.4) is 0 Å². The summed E-state index contributed by atoms with van der Waals surface area (Å²) in [5, 5.41) is 5.75. The summed E-state index contributed by atoms with van der Waals surface area (Å²) in [6, 6.07) is 21.3. The number of likely N-dealkylation sites (tertiary alicyclic amines) is 1. The molecular formula is C26H24ClN3O4. The van der Waals surface area contributed by atoms with E-state index in [1.165, 1.54) is 18.2 Å². The second-order valence-electron chi connectivity index (χ2n) is 7.99. The van der Waals surface area contributed by atoms with Gasteiger partial charge in [0.15, 0.2) is 0 Å². The van der Waals surface area contributed by atoms with Crippen molar-refractivity contribution in [2.45, 2.75) is 26.0 Å². The molecule has 4 rings (SSSR count). The van der Waals surface area contributed by atoms with Gasteiger partial charge in [0.05, 0.1) is 0 Å². The molecule has 0 spiro atoms. The van der Waals surface area contributed by atoms with Crippen molar-refractivity contribution < 1.29 is 19.1 Å². The zero-order valence-electron chi connectivity index (χ0n) is 18.4. The molecule has 1 saturated heterocycles. The average Bonchev–Trinajstić information content (AvgIpc) is 3.22. The molecule has 7 nitrogen and oxygen atoms in total. The number of halogens is 1. The van der Waals surface area contributed by atoms with Gasteiger partial charge in [-0.1, -0.05) is 54.1 Å². The molecule has 0 radical (unpaired) electrons. The smallest absolute Gasteiger partial charge is 0.411 e. The normalized spacial score (nSPS) is 13.0. The lowest BCUT2D eigenvalue weighted by atomic mass is 10.1. The van der Waals surface area contributed by atoms with Crippen molar-refractivity contribution in [3.8, 4) is 0 Å². The number of hydrogen-bond donors (Lipinski definition) is 2. The summed E-state index contributed by atoms with van der Waals surface area (Å²) < 4.78 is 5.22. The largest absolute Gasteiger partial charge is 0.444 e. The highest BCUT2D eigenvalue weighted by molar-refractivity contribution is 6.31. The Bertz CT molecular complexity index is 1200. The van der Waals surface area contributed by atoms with Gasteiger partial charge < -0.3 is 15.0 Å². The fraction of sp³-hybridized carbons (Fsp3) is 0.192. The Kier molecular flexibility index (Phi) is 7.44. The number of anilines is 2. The quantitative estimate of drug-likeness (QED) is 0.472. The first-order valence-corrected chi connectivity index (χ1v) is 11.3. The first-order chi connectivity index (χ1) is 16.5. The molecule has 1 aliphatic rings. The molecule has 0 aromatic heterocycles. The standard InChI is InChI=1S/C26H24ClN3O4/c27-21-13-20(14-23(15-21)29-26(33)34-17-18-6-2-1-3-7-18)25(32)28-22-9-4-8-19(12-22)16-30-11-5-10-24(30)31/h1-4,6-9,12-15H,5,10-11,16-17H2,(H,28,32)(H,29,33). The molecule has 0 atom stereocenters. The molecule has 3 aromatic rings. The number of carbonyl (C=O) groups excluding carboxylic acids is 3. The number of nitrogens with one attached hydrogen (secondary N) is 2. The third-order valence-electron chi connectivity index (χ3n) is 5.35. The molecule has 0 aliphatic carbocycles. The van der Waals surface area contributed by atoms with Gasteiger partial charge in [-0.15, -0.1) is 0 Å². The fourth-order valence-corrected chi connectivity index (χ4v) is 3.95. The zero-order chi connectivity index (χ0) is 23.9. The van der Waals surface area contributed by atoms with Crippen molar-refractivity contribution in [3.63, 3.8) is 0 Å². The van der Waals surface area contributed by atoms with Crippen LogP contribution in [0.1, 0.15) is 34.3 Å². The number of ether oxygens (including phenoxy) is 1. The first kappa shape index (κ1) is 23.3. The van der Waals surface area contributed by atoms with E-state index in [9.17, 15) is 14.4 Å². The van der Waals surface area contributed by atoms with Crippen LogP contribution >= 0.6 is 11.6 Å². The molecule has 1 fully saturated rings. The van der Waals surface area contributed by atoms with E-state index >= 15 is 0 Å². The Labute approximate surface area is 202 Å². The van der Waals surface area contributed by atoms with Gasteiger partial charge in [0.25, 0.3) is 5.91 Å². The van der Waals surface area contributed by atoms with Crippen molar-refractivity contribution in [2.24, 2.45) is 0 Å². The maximum Gasteiger partial charge on any atom is 0.411 e. The topological polar surface area (TPSA) is 87.7 Å². The molecule has 34 heavy (non-hydrogen) atoms. The van der Waals surface area contributed by atoms with Gasteiger partial charge in [-0.3, -0.25) is 14.9 Å². The maximum absolute atomic E-state index is 12.8. The lowest BCUT2D eigenvalue weighted by Crippen LogP contribution is -2.23. The highest BCUT2D eigenvalue weighted by Crippen LogP contribution is 2.22. The zero-order valence-corrected chi connectivity index (χ0v) is 19.2. The number of hydrogen-bond acceptors (Lipinski definition) is 4. The monoisotopic (exact) mass is 477 g/mol. The van der Waals surface area contributed by atoms with Gasteiger partial charge in [0.2, 0.25) is 5.91 Å². The van der Waals surface area contributed by atoms with Gasteiger partial charge in [-0.2, -0.15) is 0 Å². The van der Waals surface area contributed by atoms with E-state index in [2.05, 4.69) is 10.6 Å². The number of carbonyl (C=O) groups is 3. The van der Waals surface area contributed by atoms with Crippen LogP contribution < -0.4 is 10.6 Å². The predicted molar refractivity (Wildman–Crippen MR) is 131 cm³/mol. The second kappa shape index (κ2) is 10.9. The highest BCUT2D eigenvalue weighted by atomic mass is 35.5. The van der Waals surface area contributed by atoms with E-state index in [-0.39, 0.29) is 24.0 Å². The summed E-state index contributed by atoms with van der Waals surface area (Å²) in [7, 11) is 0. The molecule has 8 heteroatoms. The molecule has 0 bridgehead atoms. The molecule has 1 heterocycles. The number of benzene rings is 3. The van der Waals surface area contributed by atoms with Crippen molar-refractivity contribution in [1.82, 2.24) is 4.90 Å². The Balaban J connectivity index is 1.38. The SMILES string of the molecule is O=C(Nc1cc(Cl)cc(C(=O)Nc2cccc(CN3CCCC3=O)c2)c1)OCc1ccccc1. The van der Waals surface area contributed by atoms with Crippen LogP contribution in [0.4, 0.5) is 16.2 Å². The van der Waals surface area contributed by atoms with Gasteiger partial charge >= 0.3 is 6.09 Å². The fourth-order valence-electron chi connectivity index (χ4n) is 3.71. The minimum absolute atomic E-state index is 0.125.